The normalized spacial score (nSPS) is 10.7. The first-order valence-electron chi connectivity index (χ1n) is 4.61. The summed E-state index contributed by atoms with van der Waals surface area (Å²) in [5, 5.41) is 0. The molecule has 0 spiro atoms. The first-order chi connectivity index (χ1) is 6.20. The van der Waals surface area contributed by atoms with Crippen molar-refractivity contribution < 1.29 is 4.79 Å². The quantitative estimate of drug-likeness (QED) is 0.430. The first kappa shape index (κ1) is 12.3. The maximum absolute atomic E-state index is 10.5. The van der Waals surface area contributed by atoms with Gasteiger partial charge in [0.2, 0.25) is 5.91 Å². The molecule has 6 N–H and O–H groups in total. The Morgan fingerprint density at radius 2 is 1.62 bits per heavy atom. The van der Waals surface area contributed by atoms with Crippen molar-refractivity contribution in [2.24, 2.45) is 17.2 Å². The van der Waals surface area contributed by atoms with Crippen LogP contribution >= 0.6 is 0 Å². The molecule has 13 heavy (non-hydrogen) atoms. The summed E-state index contributed by atoms with van der Waals surface area (Å²) in [4.78, 5) is 12.6. The molecule has 0 aliphatic heterocycles. The highest BCUT2D eigenvalue weighted by atomic mass is 16.1. The van der Waals surface area contributed by atoms with E-state index < -0.39 is 0 Å². The van der Waals surface area contributed by atoms with Crippen LogP contribution in [0.1, 0.15) is 12.8 Å². The highest BCUT2D eigenvalue weighted by molar-refractivity contribution is 5.73. The van der Waals surface area contributed by atoms with Crippen LogP contribution in [0.2, 0.25) is 0 Å². The number of carbonyl (C=O) groups is 1. The maximum atomic E-state index is 10.5. The molecule has 0 saturated heterocycles. The van der Waals surface area contributed by atoms with Gasteiger partial charge in [-0.15, -0.1) is 0 Å². The summed E-state index contributed by atoms with van der Waals surface area (Å²) in [6.45, 7) is 3.75. The van der Waals surface area contributed by atoms with Crippen LogP contribution in [-0.4, -0.2) is 43.5 Å². The summed E-state index contributed by atoms with van der Waals surface area (Å²) in [6.07, 6.45) is 1.22. The van der Waals surface area contributed by atoms with E-state index in [1.165, 1.54) is 0 Å². The van der Waals surface area contributed by atoms with Crippen LogP contribution in [0.3, 0.4) is 0 Å². The number of amides is 1. The Balaban J connectivity index is 3.49. The minimum Gasteiger partial charge on any atom is -0.370 e. The van der Waals surface area contributed by atoms with E-state index in [4.69, 9.17) is 17.2 Å². The van der Waals surface area contributed by atoms with Crippen molar-refractivity contribution in [1.82, 2.24) is 4.90 Å². The molecule has 1 amide bonds. The zero-order valence-corrected chi connectivity index (χ0v) is 8.04. The second-order valence-electron chi connectivity index (χ2n) is 2.99. The monoisotopic (exact) mass is 188 g/mol. The van der Waals surface area contributed by atoms with Gasteiger partial charge in [0.25, 0.3) is 0 Å². The van der Waals surface area contributed by atoms with Gasteiger partial charge in [0, 0.05) is 32.6 Å². The van der Waals surface area contributed by atoms with Gasteiger partial charge in [-0.1, -0.05) is 0 Å². The molecular weight excluding hydrogens is 168 g/mol. The van der Waals surface area contributed by atoms with Crippen LogP contribution in [0.15, 0.2) is 0 Å². The third-order valence-electron chi connectivity index (χ3n) is 1.79. The fraction of sp³-hybridized carbons (Fsp3) is 0.875. The van der Waals surface area contributed by atoms with Gasteiger partial charge >= 0.3 is 0 Å². The van der Waals surface area contributed by atoms with E-state index in [0.717, 1.165) is 26.1 Å². The van der Waals surface area contributed by atoms with E-state index in [1.807, 2.05) is 0 Å². The number of carbonyl (C=O) groups excluding carboxylic acids is 1. The Kier molecular flexibility index (Phi) is 7.57. The van der Waals surface area contributed by atoms with Gasteiger partial charge in [-0.2, -0.15) is 0 Å². The molecule has 0 saturated carbocycles. The van der Waals surface area contributed by atoms with Gasteiger partial charge in [0.1, 0.15) is 0 Å². The Morgan fingerprint density at radius 1 is 1.08 bits per heavy atom. The van der Waals surface area contributed by atoms with Crippen LogP contribution in [0.5, 0.6) is 0 Å². The Bertz CT molecular complexity index is 134. The van der Waals surface area contributed by atoms with Crippen molar-refractivity contribution in [3.8, 4) is 0 Å². The molecule has 0 aromatic heterocycles. The molecule has 0 aliphatic carbocycles. The van der Waals surface area contributed by atoms with E-state index in [9.17, 15) is 4.79 Å². The molecule has 0 atom stereocenters. The average Bonchev–Trinajstić information content (AvgIpc) is 2.04. The van der Waals surface area contributed by atoms with Crippen LogP contribution < -0.4 is 17.2 Å². The third kappa shape index (κ3) is 7.70. The average molecular weight is 188 g/mol. The van der Waals surface area contributed by atoms with Gasteiger partial charge in [-0.25, -0.2) is 0 Å². The number of rotatable bonds is 8. The minimum atomic E-state index is -0.250. The second-order valence-corrected chi connectivity index (χ2v) is 2.99. The summed E-state index contributed by atoms with van der Waals surface area (Å²) in [5.74, 6) is -0.250. The number of primary amides is 1. The standard InChI is InChI=1S/C8H20N4O/c9-3-6-12(7-4-10)5-1-2-8(11)13/h1-7,9-10H2,(H2,11,13). The van der Waals surface area contributed by atoms with Gasteiger partial charge in [-0.3, -0.25) is 4.79 Å². The van der Waals surface area contributed by atoms with E-state index in [-0.39, 0.29) is 5.91 Å². The lowest BCUT2D eigenvalue weighted by Crippen LogP contribution is -2.35. The maximum Gasteiger partial charge on any atom is 0.217 e. The summed E-state index contributed by atoms with van der Waals surface area (Å²) in [6, 6.07) is 0. The molecule has 0 fully saturated rings. The molecule has 0 radical (unpaired) electrons. The highest BCUT2D eigenvalue weighted by Gasteiger charge is 2.02. The van der Waals surface area contributed by atoms with Crippen molar-refractivity contribution >= 4 is 5.91 Å². The second kappa shape index (κ2) is 7.97. The van der Waals surface area contributed by atoms with E-state index >= 15 is 0 Å². The SMILES string of the molecule is NCCN(CCN)CCCC(N)=O. The Labute approximate surface area is 79.2 Å². The lowest BCUT2D eigenvalue weighted by molar-refractivity contribution is -0.118. The van der Waals surface area contributed by atoms with Crippen LogP contribution in [0.4, 0.5) is 0 Å². The largest absolute Gasteiger partial charge is 0.370 e. The fourth-order valence-electron chi connectivity index (χ4n) is 1.18. The smallest absolute Gasteiger partial charge is 0.217 e. The zero-order chi connectivity index (χ0) is 10.1. The van der Waals surface area contributed by atoms with Crippen molar-refractivity contribution in [2.75, 3.05) is 32.7 Å². The van der Waals surface area contributed by atoms with Crippen LogP contribution in [-0.2, 0) is 4.79 Å². The molecule has 0 rings (SSSR count). The molecular formula is C8H20N4O. The Hall–Kier alpha value is -0.650. The van der Waals surface area contributed by atoms with Gasteiger partial charge in [0.15, 0.2) is 0 Å². The lowest BCUT2D eigenvalue weighted by atomic mass is 10.3. The van der Waals surface area contributed by atoms with Gasteiger partial charge < -0.3 is 22.1 Å². The Morgan fingerprint density at radius 3 is 2.00 bits per heavy atom. The number of nitrogens with zero attached hydrogens (tertiary/aromatic N) is 1. The molecule has 0 aromatic carbocycles. The van der Waals surface area contributed by atoms with Crippen molar-refractivity contribution in [2.45, 2.75) is 12.8 Å². The molecule has 5 nitrogen and oxygen atoms in total. The molecule has 0 unspecified atom stereocenters. The molecule has 0 aliphatic rings. The van der Waals surface area contributed by atoms with Crippen molar-refractivity contribution in [3.05, 3.63) is 0 Å². The fourth-order valence-corrected chi connectivity index (χ4v) is 1.18. The molecule has 0 heterocycles. The molecule has 0 aromatic rings. The summed E-state index contributed by atoms with van der Waals surface area (Å²) < 4.78 is 0. The van der Waals surface area contributed by atoms with E-state index in [0.29, 0.717) is 19.5 Å². The lowest BCUT2D eigenvalue weighted by Gasteiger charge is -2.19. The van der Waals surface area contributed by atoms with E-state index in [1.54, 1.807) is 0 Å². The first-order valence-corrected chi connectivity index (χ1v) is 4.61. The predicted octanol–water partition coefficient (Wildman–Crippen LogP) is -1.53. The number of hydrogen-bond donors (Lipinski definition) is 3. The number of hydrogen-bond acceptors (Lipinski definition) is 4. The molecule has 0 bridgehead atoms. The summed E-state index contributed by atoms with van der Waals surface area (Å²) >= 11 is 0. The van der Waals surface area contributed by atoms with Crippen molar-refractivity contribution in [3.63, 3.8) is 0 Å². The van der Waals surface area contributed by atoms with Crippen LogP contribution in [0, 0.1) is 0 Å². The summed E-state index contributed by atoms with van der Waals surface area (Å²) in [5.41, 5.74) is 15.9. The van der Waals surface area contributed by atoms with Gasteiger partial charge in [0.05, 0.1) is 0 Å². The predicted molar refractivity (Wildman–Crippen MR) is 53.0 cm³/mol. The topological polar surface area (TPSA) is 98.4 Å². The number of nitrogens with two attached hydrogens (primary N) is 3. The van der Waals surface area contributed by atoms with E-state index in [2.05, 4.69) is 4.90 Å². The molecule has 5 heteroatoms. The van der Waals surface area contributed by atoms with Gasteiger partial charge in [-0.05, 0) is 13.0 Å². The zero-order valence-electron chi connectivity index (χ0n) is 8.04. The molecule has 78 valence electrons. The van der Waals surface area contributed by atoms with Crippen LogP contribution in [0.25, 0.3) is 0 Å². The third-order valence-corrected chi connectivity index (χ3v) is 1.79. The van der Waals surface area contributed by atoms with Crippen molar-refractivity contribution in [1.29, 1.82) is 0 Å². The summed E-state index contributed by atoms with van der Waals surface area (Å²) in [7, 11) is 0. The minimum absolute atomic E-state index is 0.250. The highest BCUT2D eigenvalue weighted by Crippen LogP contribution is 1.93.